The topological polar surface area (TPSA) is 129 Å². The van der Waals surface area contributed by atoms with Crippen molar-refractivity contribution in [2.24, 2.45) is 5.92 Å². The molecule has 1 unspecified atom stereocenters. The van der Waals surface area contributed by atoms with Crippen LogP contribution in [0.3, 0.4) is 0 Å². The third kappa shape index (κ3) is 5.45. The van der Waals surface area contributed by atoms with E-state index < -0.39 is 24.4 Å². The molecular formula is C24H26N6O5. The summed E-state index contributed by atoms with van der Waals surface area (Å²) in [4.78, 5) is 47.8. The molecule has 2 aromatic heterocycles. The van der Waals surface area contributed by atoms with Crippen LogP contribution in [0.25, 0.3) is 5.95 Å². The molecule has 3 heterocycles. The molecule has 35 heavy (non-hydrogen) atoms. The maximum atomic E-state index is 12.6. The number of aryl methyl sites for hydroxylation is 3. The fourth-order valence-electron chi connectivity index (χ4n) is 3.87. The van der Waals surface area contributed by atoms with Crippen molar-refractivity contribution >= 4 is 29.3 Å². The highest BCUT2D eigenvalue weighted by Crippen LogP contribution is 2.28. The molecule has 1 N–H and O–H groups in total. The van der Waals surface area contributed by atoms with Crippen molar-refractivity contribution in [3.63, 3.8) is 0 Å². The maximum Gasteiger partial charge on any atom is 0.311 e. The zero-order valence-electron chi connectivity index (χ0n) is 19.9. The highest BCUT2D eigenvalue weighted by atomic mass is 16.5. The van der Waals surface area contributed by atoms with E-state index in [2.05, 4.69) is 20.4 Å². The molecule has 0 bridgehead atoms. The zero-order chi connectivity index (χ0) is 25.1. The number of esters is 1. The van der Waals surface area contributed by atoms with Crippen molar-refractivity contribution in [2.75, 3.05) is 30.5 Å². The first-order valence-electron chi connectivity index (χ1n) is 11.0. The SMILES string of the molecule is COc1cccc(N2CC(C(=O)OCC(=O)Nc3cc(C)nn3-c3nc(C)cc(C)n3)CC2=O)c1. The second-order valence-corrected chi connectivity index (χ2v) is 8.30. The quantitative estimate of drug-likeness (QED) is 0.512. The summed E-state index contributed by atoms with van der Waals surface area (Å²) in [7, 11) is 1.54. The summed E-state index contributed by atoms with van der Waals surface area (Å²) in [6.07, 6.45) is 0.00761. The van der Waals surface area contributed by atoms with Gasteiger partial charge in [-0.25, -0.2) is 9.97 Å². The highest BCUT2D eigenvalue weighted by molar-refractivity contribution is 6.00. The van der Waals surface area contributed by atoms with Crippen LogP contribution < -0.4 is 15.0 Å². The van der Waals surface area contributed by atoms with Crippen LogP contribution in [0.5, 0.6) is 5.75 Å². The number of nitrogens with one attached hydrogen (secondary N) is 1. The molecule has 3 aromatic rings. The maximum absolute atomic E-state index is 12.6. The van der Waals surface area contributed by atoms with Gasteiger partial charge < -0.3 is 19.7 Å². The molecule has 11 nitrogen and oxygen atoms in total. The van der Waals surface area contributed by atoms with Crippen LogP contribution in [0.4, 0.5) is 11.5 Å². The van der Waals surface area contributed by atoms with E-state index in [1.54, 1.807) is 44.4 Å². The van der Waals surface area contributed by atoms with Crippen LogP contribution in [0.1, 0.15) is 23.5 Å². The predicted octanol–water partition coefficient (Wildman–Crippen LogP) is 2.13. The standard InChI is InChI=1S/C24H26N6O5/c1-14-8-15(2)26-24(25-14)30-20(9-16(3)28-30)27-21(31)13-35-23(33)17-10-22(32)29(12-17)18-6-5-7-19(11-18)34-4/h5-9,11,17H,10,12-13H2,1-4H3,(H,27,31). The Morgan fingerprint density at radius 1 is 1.09 bits per heavy atom. The number of nitrogens with zero attached hydrogens (tertiary/aromatic N) is 5. The third-order valence-electron chi connectivity index (χ3n) is 5.43. The Morgan fingerprint density at radius 2 is 1.83 bits per heavy atom. The van der Waals surface area contributed by atoms with E-state index in [-0.39, 0.29) is 18.9 Å². The Hall–Kier alpha value is -4.28. The van der Waals surface area contributed by atoms with Crippen molar-refractivity contribution in [1.29, 1.82) is 0 Å². The van der Waals surface area contributed by atoms with Gasteiger partial charge in [0, 0.05) is 42.2 Å². The summed E-state index contributed by atoms with van der Waals surface area (Å²) in [6, 6.07) is 10.5. The van der Waals surface area contributed by atoms with Crippen LogP contribution in [-0.2, 0) is 19.1 Å². The third-order valence-corrected chi connectivity index (χ3v) is 5.43. The molecule has 1 atom stereocenters. The summed E-state index contributed by atoms with van der Waals surface area (Å²) in [5, 5.41) is 7.03. The first-order valence-corrected chi connectivity index (χ1v) is 11.0. The van der Waals surface area contributed by atoms with E-state index in [1.165, 1.54) is 9.58 Å². The van der Waals surface area contributed by atoms with Crippen molar-refractivity contribution in [2.45, 2.75) is 27.2 Å². The van der Waals surface area contributed by atoms with Crippen molar-refractivity contribution < 1.29 is 23.9 Å². The van der Waals surface area contributed by atoms with Crippen LogP contribution in [0, 0.1) is 26.7 Å². The molecule has 0 spiro atoms. The Morgan fingerprint density at radius 3 is 2.54 bits per heavy atom. The van der Waals surface area contributed by atoms with Gasteiger partial charge in [0.25, 0.3) is 11.9 Å². The number of hydrogen-bond acceptors (Lipinski definition) is 8. The lowest BCUT2D eigenvalue weighted by Crippen LogP contribution is -2.28. The number of hydrogen-bond donors (Lipinski definition) is 1. The Balaban J connectivity index is 1.36. The van der Waals surface area contributed by atoms with Gasteiger partial charge >= 0.3 is 5.97 Å². The average molecular weight is 479 g/mol. The minimum atomic E-state index is -0.669. The average Bonchev–Trinajstić information content (AvgIpc) is 3.39. The Bertz CT molecular complexity index is 1270. The van der Waals surface area contributed by atoms with E-state index in [1.807, 2.05) is 19.9 Å². The molecule has 11 heteroatoms. The van der Waals surface area contributed by atoms with E-state index in [9.17, 15) is 14.4 Å². The molecule has 1 aliphatic heterocycles. The second kappa shape index (κ2) is 9.92. The molecular weight excluding hydrogens is 452 g/mol. The normalized spacial score (nSPS) is 15.3. The summed E-state index contributed by atoms with van der Waals surface area (Å²) < 4.78 is 11.8. The van der Waals surface area contributed by atoms with Crippen LogP contribution in [0.15, 0.2) is 36.4 Å². The van der Waals surface area contributed by atoms with Gasteiger partial charge in [0.15, 0.2) is 6.61 Å². The lowest BCUT2D eigenvalue weighted by Gasteiger charge is -2.17. The fraction of sp³-hybridized carbons (Fsp3) is 0.333. The van der Waals surface area contributed by atoms with E-state index in [4.69, 9.17) is 9.47 Å². The first-order chi connectivity index (χ1) is 16.7. The molecule has 0 aliphatic carbocycles. The lowest BCUT2D eigenvalue weighted by molar-refractivity contribution is -0.151. The van der Waals surface area contributed by atoms with Crippen LogP contribution in [-0.4, -0.2) is 57.8 Å². The fourth-order valence-corrected chi connectivity index (χ4v) is 3.87. The largest absolute Gasteiger partial charge is 0.497 e. The van der Waals surface area contributed by atoms with Gasteiger partial charge in [-0.2, -0.15) is 9.78 Å². The molecule has 1 fully saturated rings. The zero-order valence-corrected chi connectivity index (χ0v) is 19.9. The number of anilines is 2. The molecule has 2 amide bonds. The smallest absolute Gasteiger partial charge is 0.311 e. The summed E-state index contributed by atoms with van der Waals surface area (Å²) in [5.41, 5.74) is 2.82. The molecule has 1 saturated heterocycles. The van der Waals surface area contributed by atoms with Gasteiger partial charge in [-0.1, -0.05) is 6.07 Å². The van der Waals surface area contributed by atoms with Gasteiger partial charge in [0.05, 0.1) is 18.7 Å². The van der Waals surface area contributed by atoms with Gasteiger partial charge in [0.2, 0.25) is 5.91 Å². The minimum absolute atomic E-state index is 0.00761. The van der Waals surface area contributed by atoms with Crippen molar-refractivity contribution in [3.8, 4) is 11.7 Å². The predicted molar refractivity (Wildman–Crippen MR) is 126 cm³/mol. The number of amides is 2. The van der Waals surface area contributed by atoms with Gasteiger partial charge in [0.1, 0.15) is 11.6 Å². The molecule has 1 aromatic carbocycles. The van der Waals surface area contributed by atoms with Gasteiger partial charge in [-0.15, -0.1) is 0 Å². The number of methoxy groups -OCH3 is 1. The Labute approximate surface area is 202 Å². The minimum Gasteiger partial charge on any atom is -0.497 e. The van der Waals surface area contributed by atoms with Crippen LogP contribution in [0.2, 0.25) is 0 Å². The van der Waals surface area contributed by atoms with Gasteiger partial charge in [-0.3, -0.25) is 14.4 Å². The van der Waals surface area contributed by atoms with E-state index >= 15 is 0 Å². The molecule has 0 radical (unpaired) electrons. The summed E-state index contributed by atoms with van der Waals surface area (Å²) in [6.45, 7) is 5.13. The van der Waals surface area contributed by atoms with Gasteiger partial charge in [-0.05, 0) is 39.0 Å². The number of ether oxygens (including phenoxy) is 2. The number of carbonyl (C=O) groups excluding carboxylic acids is 3. The highest BCUT2D eigenvalue weighted by Gasteiger charge is 2.36. The Kier molecular flexibility index (Phi) is 6.76. The molecule has 4 rings (SSSR count). The van der Waals surface area contributed by atoms with E-state index in [0.29, 0.717) is 28.9 Å². The monoisotopic (exact) mass is 478 g/mol. The molecule has 0 saturated carbocycles. The summed E-state index contributed by atoms with van der Waals surface area (Å²) in [5.74, 6) is -0.730. The number of rotatable bonds is 7. The number of carbonyl (C=O) groups is 3. The summed E-state index contributed by atoms with van der Waals surface area (Å²) >= 11 is 0. The second-order valence-electron chi connectivity index (χ2n) is 8.30. The molecule has 182 valence electrons. The van der Waals surface area contributed by atoms with Crippen molar-refractivity contribution in [1.82, 2.24) is 19.7 Å². The van der Waals surface area contributed by atoms with Crippen LogP contribution >= 0.6 is 0 Å². The lowest BCUT2D eigenvalue weighted by atomic mass is 10.1. The number of aromatic nitrogens is 4. The molecule has 1 aliphatic rings. The first kappa shape index (κ1) is 23.9. The van der Waals surface area contributed by atoms with Crippen molar-refractivity contribution in [3.05, 3.63) is 53.5 Å². The number of benzene rings is 1. The van der Waals surface area contributed by atoms with E-state index in [0.717, 1.165) is 11.4 Å².